The highest BCUT2D eigenvalue weighted by atomic mass is 19.2. The van der Waals surface area contributed by atoms with E-state index < -0.39 is 149 Å². The highest BCUT2D eigenvalue weighted by molar-refractivity contribution is 7.20. The van der Waals surface area contributed by atoms with E-state index in [-0.39, 0.29) is 23.6 Å². The summed E-state index contributed by atoms with van der Waals surface area (Å²) in [7, 11) is 0. The van der Waals surface area contributed by atoms with E-state index in [0.717, 1.165) is 0 Å². The van der Waals surface area contributed by atoms with Gasteiger partial charge in [-0.2, -0.15) is 4.57 Å². The van der Waals surface area contributed by atoms with Crippen molar-refractivity contribution in [3.63, 3.8) is 0 Å². The maximum absolute atomic E-state index is 15.4. The standard InChI is InChI=1S/C24BF20.C12H10N3O3/c26-5-1(6(27)14(35)21(42)13(5)34)25(2-7(28)15(36)22(43)16(37)8(2)29,3-9(30)17(38)23(44)18(39)10(3)31)4-11(32)19(40)24(45)20(41)12(4)33;16-12(9-14-7-5-13-6-8-14)10-3-1-2-4-11(10)15(17)18/h;1-8H,9H2/q-1;+1. The lowest BCUT2D eigenvalue weighted by atomic mass is 9.12. The van der Waals surface area contributed by atoms with E-state index in [9.17, 15) is 67.6 Å². The first-order valence-corrected chi connectivity index (χ1v) is 16.2. The van der Waals surface area contributed by atoms with Crippen molar-refractivity contribution < 1.29 is 102 Å². The van der Waals surface area contributed by atoms with E-state index in [1.807, 2.05) is 0 Å². The third kappa shape index (κ3) is 7.42. The minimum absolute atomic E-state index is 0.0490. The van der Waals surface area contributed by atoms with Crippen LogP contribution in [0.5, 0.6) is 0 Å². The second-order valence-corrected chi connectivity index (χ2v) is 12.4. The summed E-state index contributed by atoms with van der Waals surface area (Å²) in [5.41, 5.74) is -14.4. The van der Waals surface area contributed by atoms with Crippen molar-refractivity contribution in [3.8, 4) is 0 Å². The van der Waals surface area contributed by atoms with Crippen molar-refractivity contribution in [3.05, 3.63) is 181 Å². The van der Waals surface area contributed by atoms with Gasteiger partial charge < -0.3 is 0 Å². The van der Waals surface area contributed by atoms with E-state index in [0.29, 0.717) is 0 Å². The summed E-state index contributed by atoms with van der Waals surface area (Å²) in [6, 6.07) is 5.93. The van der Waals surface area contributed by atoms with E-state index in [1.54, 1.807) is 35.4 Å². The summed E-state index contributed by atoms with van der Waals surface area (Å²) in [6.07, 6.45) is -0.857. The summed E-state index contributed by atoms with van der Waals surface area (Å²) in [4.78, 5) is 26.1. The van der Waals surface area contributed by atoms with Gasteiger partial charge in [0.1, 0.15) is 58.2 Å². The molecule has 0 atom stereocenters. The van der Waals surface area contributed by atoms with Crippen LogP contribution in [0.4, 0.5) is 93.5 Å². The molecule has 6 nitrogen and oxygen atoms in total. The fourth-order valence-corrected chi connectivity index (χ4v) is 6.45. The Morgan fingerprint density at radius 1 is 0.460 bits per heavy atom. The summed E-state index contributed by atoms with van der Waals surface area (Å²) >= 11 is 0. The van der Waals surface area contributed by atoms with Gasteiger partial charge in [-0.15, -0.1) is 21.9 Å². The molecule has 0 saturated heterocycles. The molecular weight excluding hydrogens is 913 g/mol. The molecule has 330 valence electrons. The van der Waals surface area contributed by atoms with Gasteiger partial charge in [-0.25, -0.2) is 87.8 Å². The number of carbonyl (C=O) groups is 1. The van der Waals surface area contributed by atoms with E-state index in [2.05, 4.69) is 4.98 Å². The van der Waals surface area contributed by atoms with Gasteiger partial charge in [-0.3, -0.25) is 19.9 Å². The van der Waals surface area contributed by atoms with Crippen molar-refractivity contribution in [1.82, 2.24) is 4.98 Å². The topological polar surface area (TPSA) is 77.0 Å². The fraction of sp³-hybridized carbons (Fsp3) is 0.0278. The SMILES string of the molecule is Fc1c(F)c(F)c([B-](c2c(F)c(F)c(F)c(F)c2F)(c2c(F)c(F)c(F)c(F)c2F)c2c(F)c(F)c(F)c(F)c2F)c(F)c1F.O=C(C[n+]1ccncc1)c1ccccc1[N+](=O)[O-]. The van der Waals surface area contributed by atoms with Crippen molar-refractivity contribution in [2.24, 2.45) is 0 Å². The molecule has 1 heterocycles. The first-order chi connectivity index (χ1) is 29.4. The number of nitro groups is 1. The van der Waals surface area contributed by atoms with Crippen molar-refractivity contribution in [2.45, 2.75) is 6.54 Å². The quantitative estimate of drug-likeness (QED) is 0.0241. The number of rotatable bonds is 8. The molecule has 63 heavy (non-hydrogen) atoms. The first kappa shape index (κ1) is 47.0. The molecule has 5 aromatic carbocycles. The van der Waals surface area contributed by atoms with Crippen molar-refractivity contribution in [1.29, 1.82) is 0 Å². The highest BCUT2D eigenvalue weighted by Crippen LogP contribution is 2.31. The Morgan fingerprint density at radius 3 is 0.984 bits per heavy atom. The molecule has 6 rings (SSSR count). The summed E-state index contributed by atoms with van der Waals surface area (Å²) in [5, 5.41) is 10.8. The second-order valence-electron chi connectivity index (χ2n) is 12.4. The average molecular weight is 923 g/mol. The minimum atomic E-state index is -7.22. The summed E-state index contributed by atoms with van der Waals surface area (Å²) in [5.74, 6) is -71.7. The second kappa shape index (κ2) is 17.4. The van der Waals surface area contributed by atoms with Crippen LogP contribution >= 0.6 is 0 Å². The van der Waals surface area contributed by atoms with Crippen LogP contribution in [0.2, 0.25) is 0 Å². The molecule has 0 amide bonds. The highest BCUT2D eigenvalue weighted by Gasteiger charge is 2.52. The lowest BCUT2D eigenvalue weighted by Gasteiger charge is -2.44. The predicted molar refractivity (Wildman–Crippen MR) is 171 cm³/mol. The van der Waals surface area contributed by atoms with Crippen LogP contribution < -0.4 is 26.4 Å². The maximum atomic E-state index is 15.4. The zero-order valence-corrected chi connectivity index (χ0v) is 29.5. The Labute approximate surface area is 334 Å². The molecule has 0 aliphatic rings. The Kier molecular flexibility index (Phi) is 12.9. The molecule has 0 unspecified atom stereocenters. The maximum Gasteiger partial charge on any atom is 0.280 e. The average Bonchev–Trinajstić information content (AvgIpc) is 3.26. The zero-order chi connectivity index (χ0) is 47.3. The lowest BCUT2D eigenvalue weighted by Crippen LogP contribution is -2.81. The number of carbonyl (C=O) groups excluding carboxylic acids is 1. The fourth-order valence-electron chi connectivity index (χ4n) is 6.45. The third-order valence-corrected chi connectivity index (χ3v) is 9.12. The van der Waals surface area contributed by atoms with Crippen LogP contribution in [0.25, 0.3) is 0 Å². The lowest BCUT2D eigenvalue weighted by molar-refractivity contribution is -0.683. The smallest absolute Gasteiger partial charge is 0.280 e. The van der Waals surface area contributed by atoms with E-state index in [4.69, 9.17) is 0 Å². The molecule has 0 spiro atoms. The van der Waals surface area contributed by atoms with Crippen LogP contribution in [-0.2, 0) is 6.54 Å². The van der Waals surface area contributed by atoms with Gasteiger partial charge in [-0.05, 0) is 6.07 Å². The molecule has 1 aromatic heterocycles. The van der Waals surface area contributed by atoms with Gasteiger partial charge in [0.25, 0.3) is 5.69 Å². The molecule has 0 fully saturated rings. The molecule has 0 N–H and O–H groups in total. The van der Waals surface area contributed by atoms with Crippen LogP contribution in [0.1, 0.15) is 10.4 Å². The number of nitro benzene ring substituents is 1. The number of para-hydroxylation sites is 1. The molecule has 0 radical (unpaired) electrons. The number of halogens is 20. The van der Waals surface area contributed by atoms with Crippen molar-refractivity contribution in [2.75, 3.05) is 0 Å². The number of benzene rings is 5. The van der Waals surface area contributed by atoms with E-state index >= 15 is 35.1 Å². The molecular formula is C36H10BF20N3O3. The largest absolute Gasteiger partial charge is 0.287 e. The Morgan fingerprint density at radius 2 is 0.714 bits per heavy atom. The van der Waals surface area contributed by atoms with Gasteiger partial charge in [0, 0.05) is 6.07 Å². The molecule has 0 saturated carbocycles. The van der Waals surface area contributed by atoms with E-state index in [1.165, 1.54) is 18.2 Å². The predicted octanol–water partition coefficient (Wildman–Crippen LogP) is 7.01. The van der Waals surface area contributed by atoms with Gasteiger partial charge in [0.05, 0.1) is 17.3 Å². The van der Waals surface area contributed by atoms with Gasteiger partial charge in [-0.1, -0.05) is 12.1 Å². The minimum Gasteiger partial charge on any atom is -0.287 e. The molecule has 27 heteroatoms. The Bertz CT molecular complexity index is 2500. The number of aromatic nitrogens is 2. The molecule has 6 aromatic rings. The Hall–Kier alpha value is -7.09. The van der Waals surface area contributed by atoms with Gasteiger partial charge >= 0.3 is 0 Å². The van der Waals surface area contributed by atoms with Crippen LogP contribution in [0.3, 0.4) is 0 Å². The Balaban J connectivity index is 0.000000345. The summed E-state index contributed by atoms with van der Waals surface area (Å²) in [6.45, 7) is 0.0490. The summed E-state index contributed by atoms with van der Waals surface area (Å²) < 4.78 is 296. The van der Waals surface area contributed by atoms with Crippen LogP contribution in [0.15, 0.2) is 49.1 Å². The van der Waals surface area contributed by atoms with Crippen LogP contribution in [-0.4, -0.2) is 21.8 Å². The molecule has 0 aliphatic carbocycles. The number of Topliss-reactive ketones (excluding diaryl/α,β-unsaturated/α-hetero) is 1. The third-order valence-electron chi connectivity index (χ3n) is 9.12. The molecule has 0 bridgehead atoms. The number of ketones is 1. The number of hydrogen-bond donors (Lipinski definition) is 0. The van der Waals surface area contributed by atoms with Crippen molar-refractivity contribution >= 4 is 39.5 Å². The molecule has 0 aliphatic heterocycles. The first-order valence-electron chi connectivity index (χ1n) is 16.2. The monoisotopic (exact) mass is 923 g/mol. The number of nitrogens with zero attached hydrogens (tertiary/aromatic N) is 3. The van der Waals surface area contributed by atoms with Gasteiger partial charge in [0.15, 0.2) is 82.2 Å². The van der Waals surface area contributed by atoms with Gasteiger partial charge in [0.2, 0.25) is 12.3 Å². The normalized spacial score (nSPS) is 11.4. The zero-order valence-electron chi connectivity index (χ0n) is 29.5. The van der Waals surface area contributed by atoms with Crippen LogP contribution in [0, 0.1) is 126 Å². The number of hydrogen-bond acceptors (Lipinski definition) is 4.